The first-order chi connectivity index (χ1) is 11.0. The van der Waals surface area contributed by atoms with Crippen molar-refractivity contribution in [2.45, 2.75) is 84.2 Å². The van der Waals surface area contributed by atoms with Crippen molar-refractivity contribution >= 4 is 12.7 Å². The Morgan fingerprint density at radius 2 is 1.71 bits per heavy atom. The van der Waals surface area contributed by atoms with Crippen LogP contribution in [0.2, 0.25) is 0 Å². The molecule has 3 rings (SSSR count). The summed E-state index contributed by atoms with van der Waals surface area (Å²) in [5.41, 5.74) is -0.520. The minimum atomic E-state index is -0.553. The molecule has 2 heterocycles. The number of rotatable bonds is 4. The molecule has 24 heavy (non-hydrogen) atoms. The fraction of sp³-hybridized carbons (Fsp3) is 0.722. The van der Waals surface area contributed by atoms with E-state index in [0.29, 0.717) is 17.4 Å². The molecule has 0 radical (unpaired) electrons. The van der Waals surface area contributed by atoms with E-state index in [2.05, 4.69) is 4.98 Å². The molecule has 1 aliphatic carbocycles. The Hall–Kier alpha value is -1.27. The van der Waals surface area contributed by atoms with E-state index in [9.17, 15) is 0 Å². The zero-order valence-corrected chi connectivity index (χ0v) is 15.8. The fourth-order valence-electron chi connectivity index (χ4n) is 2.42. The average Bonchev–Trinajstić information content (AvgIpc) is 3.15. The summed E-state index contributed by atoms with van der Waals surface area (Å²) < 4.78 is 24.2. The monoisotopic (exact) mass is 333 g/mol. The van der Waals surface area contributed by atoms with Gasteiger partial charge in [-0.05, 0) is 61.3 Å². The molecule has 1 aromatic heterocycles. The number of hydrogen-bond acceptors (Lipinski definition) is 5. The van der Waals surface area contributed by atoms with Gasteiger partial charge in [0.1, 0.15) is 22.7 Å². The van der Waals surface area contributed by atoms with Crippen LogP contribution in [0.5, 0.6) is 11.5 Å². The molecule has 0 unspecified atom stereocenters. The van der Waals surface area contributed by atoms with Crippen LogP contribution in [0.3, 0.4) is 0 Å². The first-order valence-electron chi connectivity index (χ1n) is 8.68. The van der Waals surface area contributed by atoms with Crippen molar-refractivity contribution in [3.8, 4) is 11.5 Å². The molecule has 0 atom stereocenters. The van der Waals surface area contributed by atoms with Crippen molar-refractivity contribution in [3.05, 3.63) is 12.3 Å². The van der Waals surface area contributed by atoms with E-state index in [-0.39, 0.29) is 5.60 Å². The first-order valence-corrected chi connectivity index (χ1v) is 8.68. The predicted octanol–water partition coefficient (Wildman–Crippen LogP) is 3.10. The standard InChI is InChI=1S/C18H28BNO4/c1-16(2,3)22-14-10-13(21-12-8-9-12)11-20-15(14)19-23-17(4,5)18(6,7)24-19/h10-12H,8-9H2,1-7H3. The molecular weight excluding hydrogens is 305 g/mol. The lowest BCUT2D eigenvalue weighted by Gasteiger charge is -2.32. The molecular formula is C18H28BNO4. The van der Waals surface area contributed by atoms with Crippen LogP contribution in [0.25, 0.3) is 0 Å². The van der Waals surface area contributed by atoms with Crippen LogP contribution in [0.15, 0.2) is 12.3 Å². The number of ether oxygens (including phenoxy) is 2. The van der Waals surface area contributed by atoms with Crippen molar-refractivity contribution in [2.75, 3.05) is 0 Å². The van der Waals surface area contributed by atoms with Crippen molar-refractivity contribution in [1.82, 2.24) is 4.98 Å². The van der Waals surface area contributed by atoms with E-state index in [0.717, 1.165) is 18.6 Å². The third-order valence-corrected chi connectivity index (χ3v) is 4.58. The van der Waals surface area contributed by atoms with E-state index in [1.54, 1.807) is 6.20 Å². The molecule has 0 N–H and O–H groups in total. The van der Waals surface area contributed by atoms with Crippen LogP contribution in [0, 0.1) is 0 Å². The molecule has 1 aromatic rings. The molecule has 0 amide bonds. The molecule has 5 nitrogen and oxygen atoms in total. The van der Waals surface area contributed by atoms with Crippen molar-refractivity contribution in [2.24, 2.45) is 0 Å². The molecule has 1 aliphatic heterocycles. The van der Waals surface area contributed by atoms with Gasteiger partial charge in [0.05, 0.1) is 23.5 Å². The van der Waals surface area contributed by atoms with E-state index in [1.165, 1.54) is 0 Å². The summed E-state index contributed by atoms with van der Waals surface area (Å²) in [5, 5.41) is 0. The zero-order chi connectivity index (χ0) is 17.8. The highest BCUT2D eigenvalue weighted by Crippen LogP contribution is 2.37. The second kappa shape index (κ2) is 5.63. The Labute approximate surface area is 145 Å². The van der Waals surface area contributed by atoms with Gasteiger partial charge in [0.2, 0.25) is 0 Å². The highest BCUT2D eigenvalue weighted by molar-refractivity contribution is 6.62. The lowest BCUT2D eigenvalue weighted by molar-refractivity contribution is 0.00578. The maximum absolute atomic E-state index is 6.13. The second-order valence-electron chi connectivity index (χ2n) is 8.67. The van der Waals surface area contributed by atoms with Gasteiger partial charge in [-0.3, -0.25) is 4.98 Å². The highest BCUT2D eigenvalue weighted by Gasteiger charge is 2.53. The molecule has 1 saturated carbocycles. The van der Waals surface area contributed by atoms with Crippen LogP contribution in [0.4, 0.5) is 0 Å². The maximum Gasteiger partial charge on any atom is 0.518 e. The van der Waals surface area contributed by atoms with E-state index >= 15 is 0 Å². The summed E-state index contributed by atoms with van der Waals surface area (Å²) in [5.74, 6) is 1.39. The Balaban J connectivity index is 1.91. The van der Waals surface area contributed by atoms with Gasteiger partial charge < -0.3 is 18.8 Å². The average molecular weight is 333 g/mol. The summed E-state index contributed by atoms with van der Waals surface area (Å²) in [6, 6.07) is 1.90. The summed E-state index contributed by atoms with van der Waals surface area (Å²) in [7, 11) is -0.553. The van der Waals surface area contributed by atoms with E-state index in [1.807, 2.05) is 54.5 Å². The third-order valence-electron chi connectivity index (χ3n) is 4.58. The third kappa shape index (κ3) is 3.70. The molecule has 0 bridgehead atoms. The van der Waals surface area contributed by atoms with Gasteiger partial charge >= 0.3 is 7.12 Å². The van der Waals surface area contributed by atoms with E-state index < -0.39 is 18.3 Å². The Kier molecular flexibility index (Phi) is 4.12. The number of pyridine rings is 1. The summed E-state index contributed by atoms with van der Waals surface area (Å²) >= 11 is 0. The van der Waals surface area contributed by atoms with Crippen LogP contribution < -0.4 is 15.1 Å². The Morgan fingerprint density at radius 1 is 1.12 bits per heavy atom. The fourth-order valence-corrected chi connectivity index (χ4v) is 2.42. The van der Waals surface area contributed by atoms with Crippen molar-refractivity contribution in [1.29, 1.82) is 0 Å². The number of hydrogen-bond donors (Lipinski definition) is 0. The van der Waals surface area contributed by atoms with Crippen LogP contribution in [0.1, 0.15) is 61.3 Å². The van der Waals surface area contributed by atoms with Gasteiger partial charge in [-0.15, -0.1) is 0 Å². The molecule has 6 heteroatoms. The summed E-state index contributed by atoms with van der Waals surface area (Å²) in [6.07, 6.45) is 4.26. The SMILES string of the molecule is CC(C)(C)Oc1cc(OC2CC2)cnc1B1OC(C)(C)C(C)(C)O1. The largest absolute Gasteiger partial charge is 0.518 e. The van der Waals surface area contributed by atoms with Crippen LogP contribution >= 0.6 is 0 Å². The highest BCUT2D eigenvalue weighted by atomic mass is 16.7. The van der Waals surface area contributed by atoms with Crippen molar-refractivity contribution in [3.63, 3.8) is 0 Å². The number of nitrogens with zero attached hydrogens (tertiary/aromatic N) is 1. The minimum Gasteiger partial charge on any atom is -0.489 e. The molecule has 2 fully saturated rings. The number of aromatic nitrogens is 1. The molecule has 0 spiro atoms. The lowest BCUT2D eigenvalue weighted by Crippen LogP contribution is -2.41. The lowest BCUT2D eigenvalue weighted by atomic mass is 9.83. The van der Waals surface area contributed by atoms with Gasteiger partial charge in [-0.2, -0.15) is 0 Å². The molecule has 0 aromatic carbocycles. The summed E-state index contributed by atoms with van der Waals surface area (Å²) in [6.45, 7) is 14.1. The Morgan fingerprint density at radius 3 is 2.21 bits per heavy atom. The molecule has 132 valence electrons. The molecule has 1 saturated heterocycles. The van der Waals surface area contributed by atoms with Crippen LogP contribution in [-0.4, -0.2) is 35.0 Å². The summed E-state index contributed by atoms with van der Waals surface area (Å²) in [4.78, 5) is 4.56. The minimum absolute atomic E-state index is 0.317. The van der Waals surface area contributed by atoms with Gasteiger partial charge in [-0.25, -0.2) is 0 Å². The zero-order valence-electron chi connectivity index (χ0n) is 15.8. The molecule has 2 aliphatic rings. The Bertz CT molecular complexity index is 604. The quantitative estimate of drug-likeness (QED) is 0.793. The van der Waals surface area contributed by atoms with Crippen LogP contribution in [-0.2, 0) is 9.31 Å². The van der Waals surface area contributed by atoms with Gasteiger partial charge in [-0.1, -0.05) is 0 Å². The topological polar surface area (TPSA) is 49.8 Å². The maximum atomic E-state index is 6.13. The van der Waals surface area contributed by atoms with Gasteiger partial charge in [0.15, 0.2) is 0 Å². The predicted molar refractivity (Wildman–Crippen MR) is 94.0 cm³/mol. The van der Waals surface area contributed by atoms with Crippen molar-refractivity contribution < 1.29 is 18.8 Å². The van der Waals surface area contributed by atoms with Gasteiger partial charge in [0.25, 0.3) is 0 Å². The van der Waals surface area contributed by atoms with Gasteiger partial charge in [0, 0.05) is 6.07 Å². The first kappa shape index (κ1) is 17.6. The van der Waals surface area contributed by atoms with E-state index in [4.69, 9.17) is 18.8 Å². The smallest absolute Gasteiger partial charge is 0.489 e. The normalized spacial score (nSPS) is 22.5. The second-order valence-corrected chi connectivity index (χ2v) is 8.67.